The van der Waals surface area contributed by atoms with E-state index in [4.69, 9.17) is 5.73 Å². The number of aromatic nitrogens is 1. The van der Waals surface area contributed by atoms with Crippen molar-refractivity contribution in [2.45, 2.75) is 17.2 Å². The van der Waals surface area contributed by atoms with Gasteiger partial charge in [0, 0.05) is 16.7 Å². The van der Waals surface area contributed by atoms with Gasteiger partial charge in [-0.05, 0) is 25.7 Å². The molecule has 0 unspecified atom stereocenters. The summed E-state index contributed by atoms with van der Waals surface area (Å²) in [5.41, 5.74) is 5.80. The molecule has 0 aromatic carbocycles. The monoisotopic (exact) mass is 396 g/mol. The van der Waals surface area contributed by atoms with Crippen molar-refractivity contribution in [1.82, 2.24) is 15.0 Å². The second-order valence-corrected chi connectivity index (χ2v) is 8.50. The summed E-state index contributed by atoms with van der Waals surface area (Å²) in [6, 6.07) is 3.19. The average Bonchev–Trinajstić information content (AvgIpc) is 3.14. The molecule has 0 radical (unpaired) electrons. The Balaban J connectivity index is 0.00000264. The Kier molecular flexibility index (Phi) is 7.58. The van der Waals surface area contributed by atoms with Crippen LogP contribution in [0.5, 0.6) is 0 Å². The number of nitrogens with zero attached hydrogens (tertiary/aromatic N) is 1. The SMILES string of the molecule is CNS(=O)(=O)c1ccc(CNC(=O)c2csc(CCN)n2)s1.Cl. The van der Waals surface area contributed by atoms with E-state index in [-0.39, 0.29) is 29.1 Å². The van der Waals surface area contributed by atoms with Crippen LogP contribution in [0.4, 0.5) is 0 Å². The van der Waals surface area contributed by atoms with E-state index >= 15 is 0 Å². The number of nitrogens with two attached hydrogens (primary N) is 1. The molecule has 128 valence electrons. The highest BCUT2D eigenvalue weighted by Gasteiger charge is 2.15. The second-order valence-electron chi connectivity index (χ2n) is 4.28. The van der Waals surface area contributed by atoms with Crippen LogP contribution in [-0.4, -0.2) is 32.9 Å². The zero-order valence-electron chi connectivity index (χ0n) is 12.2. The van der Waals surface area contributed by atoms with Gasteiger partial charge in [0.1, 0.15) is 9.90 Å². The predicted octanol–water partition coefficient (Wildman–Crippen LogP) is 0.966. The van der Waals surface area contributed by atoms with E-state index in [0.29, 0.717) is 18.7 Å². The first-order valence-corrected chi connectivity index (χ1v) is 9.59. The molecule has 0 aliphatic rings. The number of carbonyl (C=O) groups is 1. The molecule has 0 saturated carbocycles. The van der Waals surface area contributed by atoms with Crippen molar-refractivity contribution in [3.05, 3.63) is 33.1 Å². The Morgan fingerprint density at radius 1 is 1.39 bits per heavy atom. The Labute approximate surface area is 148 Å². The molecule has 0 saturated heterocycles. The summed E-state index contributed by atoms with van der Waals surface area (Å²) in [4.78, 5) is 16.9. The van der Waals surface area contributed by atoms with Crippen LogP contribution in [0.3, 0.4) is 0 Å². The molecule has 0 aliphatic carbocycles. The molecule has 0 spiro atoms. The van der Waals surface area contributed by atoms with Crippen molar-refractivity contribution in [1.29, 1.82) is 0 Å². The van der Waals surface area contributed by atoms with Gasteiger partial charge in [0.05, 0.1) is 11.6 Å². The number of sulfonamides is 1. The number of hydrogen-bond acceptors (Lipinski definition) is 7. The molecule has 4 N–H and O–H groups in total. The van der Waals surface area contributed by atoms with Gasteiger partial charge in [-0.1, -0.05) is 0 Å². The van der Waals surface area contributed by atoms with E-state index in [0.717, 1.165) is 21.2 Å². The number of amides is 1. The molecule has 2 aromatic rings. The summed E-state index contributed by atoms with van der Waals surface area (Å²) >= 11 is 2.51. The first-order chi connectivity index (χ1) is 10.5. The predicted molar refractivity (Wildman–Crippen MR) is 93.9 cm³/mol. The lowest BCUT2D eigenvalue weighted by atomic mass is 10.4. The van der Waals surface area contributed by atoms with Gasteiger partial charge >= 0.3 is 0 Å². The van der Waals surface area contributed by atoms with Crippen LogP contribution in [0.15, 0.2) is 21.7 Å². The van der Waals surface area contributed by atoms with Crippen LogP contribution in [0.2, 0.25) is 0 Å². The summed E-state index contributed by atoms with van der Waals surface area (Å²) in [7, 11) is -2.08. The normalized spacial score (nSPS) is 11.0. The topological polar surface area (TPSA) is 114 Å². The van der Waals surface area contributed by atoms with Crippen LogP contribution < -0.4 is 15.8 Å². The van der Waals surface area contributed by atoms with Crippen molar-refractivity contribution >= 4 is 51.0 Å². The van der Waals surface area contributed by atoms with Gasteiger partial charge in [-0.25, -0.2) is 18.1 Å². The minimum atomic E-state index is -3.44. The van der Waals surface area contributed by atoms with Gasteiger partial charge in [-0.2, -0.15) is 0 Å². The third kappa shape index (κ3) is 5.23. The van der Waals surface area contributed by atoms with Gasteiger partial charge in [0.2, 0.25) is 10.0 Å². The maximum atomic E-state index is 12.0. The molecular formula is C12H17ClN4O3S3. The minimum Gasteiger partial charge on any atom is -0.346 e. The Morgan fingerprint density at radius 2 is 2.13 bits per heavy atom. The van der Waals surface area contributed by atoms with Crippen molar-refractivity contribution in [2.75, 3.05) is 13.6 Å². The fourth-order valence-corrected chi connectivity index (χ4v) is 4.54. The highest BCUT2D eigenvalue weighted by atomic mass is 35.5. The largest absolute Gasteiger partial charge is 0.346 e. The number of nitrogens with one attached hydrogen (secondary N) is 2. The van der Waals surface area contributed by atoms with Crippen LogP contribution in [0, 0.1) is 0 Å². The third-order valence-corrected chi connectivity index (χ3v) is 6.64. The molecule has 2 aromatic heterocycles. The summed E-state index contributed by atoms with van der Waals surface area (Å²) in [6.45, 7) is 0.749. The summed E-state index contributed by atoms with van der Waals surface area (Å²) in [5.74, 6) is -0.286. The number of thiazole rings is 1. The van der Waals surface area contributed by atoms with Crippen molar-refractivity contribution in [3.8, 4) is 0 Å². The first-order valence-electron chi connectivity index (χ1n) is 6.41. The van der Waals surface area contributed by atoms with Crippen molar-refractivity contribution < 1.29 is 13.2 Å². The molecule has 0 fully saturated rings. The van der Waals surface area contributed by atoms with E-state index in [2.05, 4.69) is 15.0 Å². The molecule has 2 heterocycles. The lowest BCUT2D eigenvalue weighted by Gasteiger charge is -2.01. The van der Waals surface area contributed by atoms with E-state index in [1.54, 1.807) is 11.4 Å². The van der Waals surface area contributed by atoms with Gasteiger partial charge in [0.15, 0.2) is 0 Å². The number of hydrogen-bond donors (Lipinski definition) is 3. The first kappa shape index (κ1) is 20.0. The van der Waals surface area contributed by atoms with Crippen LogP contribution in [0.25, 0.3) is 0 Å². The van der Waals surface area contributed by atoms with Crippen LogP contribution in [-0.2, 0) is 23.0 Å². The number of rotatable bonds is 7. The molecule has 7 nitrogen and oxygen atoms in total. The quantitative estimate of drug-likeness (QED) is 0.645. The lowest BCUT2D eigenvalue weighted by Crippen LogP contribution is -2.22. The van der Waals surface area contributed by atoms with Gasteiger partial charge < -0.3 is 11.1 Å². The van der Waals surface area contributed by atoms with Crippen LogP contribution in [0.1, 0.15) is 20.4 Å². The highest BCUT2D eigenvalue weighted by Crippen LogP contribution is 2.21. The molecule has 2 rings (SSSR count). The number of halogens is 1. The Hall–Kier alpha value is -1.04. The molecule has 0 bridgehead atoms. The standard InChI is InChI=1S/C12H16N4O3S3.ClH/c1-14-22(18,19)11-3-2-8(21-11)6-15-12(17)9-7-20-10(16-9)4-5-13;/h2-3,7,14H,4-6,13H2,1H3,(H,15,17);1H. The number of thiophene rings is 1. The fourth-order valence-electron chi connectivity index (χ4n) is 1.61. The average molecular weight is 397 g/mol. The smallest absolute Gasteiger partial charge is 0.271 e. The maximum absolute atomic E-state index is 12.0. The van der Waals surface area contributed by atoms with Crippen molar-refractivity contribution in [2.24, 2.45) is 5.73 Å². The molecule has 23 heavy (non-hydrogen) atoms. The lowest BCUT2D eigenvalue weighted by molar-refractivity contribution is 0.0947. The van der Waals surface area contributed by atoms with Crippen LogP contribution >= 0.6 is 35.1 Å². The zero-order valence-corrected chi connectivity index (χ0v) is 15.5. The zero-order chi connectivity index (χ0) is 16.2. The van der Waals surface area contributed by atoms with E-state index in [1.165, 1.54) is 24.5 Å². The summed E-state index contributed by atoms with van der Waals surface area (Å²) in [6.07, 6.45) is 0.647. The highest BCUT2D eigenvalue weighted by molar-refractivity contribution is 7.91. The van der Waals surface area contributed by atoms with Crippen molar-refractivity contribution in [3.63, 3.8) is 0 Å². The Bertz CT molecular complexity index is 757. The summed E-state index contributed by atoms with van der Waals surface area (Å²) < 4.78 is 25.7. The second kappa shape index (κ2) is 8.71. The van der Waals surface area contributed by atoms with Gasteiger partial charge in [-0.15, -0.1) is 35.1 Å². The number of carbonyl (C=O) groups excluding carboxylic acids is 1. The van der Waals surface area contributed by atoms with Gasteiger partial charge in [0.25, 0.3) is 5.91 Å². The molecular weight excluding hydrogens is 380 g/mol. The maximum Gasteiger partial charge on any atom is 0.271 e. The summed E-state index contributed by atoms with van der Waals surface area (Å²) in [5, 5.41) is 5.23. The fraction of sp³-hybridized carbons (Fsp3) is 0.333. The van der Waals surface area contributed by atoms with E-state index in [1.807, 2.05) is 0 Å². The molecule has 0 atom stereocenters. The van der Waals surface area contributed by atoms with Gasteiger partial charge in [-0.3, -0.25) is 4.79 Å². The molecule has 11 heteroatoms. The van der Waals surface area contributed by atoms with E-state index < -0.39 is 10.0 Å². The third-order valence-electron chi connectivity index (χ3n) is 2.74. The molecule has 0 aliphatic heterocycles. The Morgan fingerprint density at radius 3 is 2.78 bits per heavy atom. The van der Waals surface area contributed by atoms with E-state index in [9.17, 15) is 13.2 Å². The minimum absolute atomic E-state index is 0. The molecule has 1 amide bonds.